The third-order valence-electron chi connectivity index (χ3n) is 2.86. The Morgan fingerprint density at radius 1 is 1.05 bits per heavy atom. The summed E-state index contributed by atoms with van der Waals surface area (Å²) in [7, 11) is 0. The fraction of sp³-hybridized carbons (Fsp3) is 0.200. The molecule has 2 nitrogen and oxygen atoms in total. The molecule has 0 fully saturated rings. The number of ether oxygens (including phenoxy) is 1. The predicted octanol–water partition coefficient (Wildman–Crippen LogP) is 4.22. The summed E-state index contributed by atoms with van der Waals surface area (Å²) in [5.41, 5.74) is 1.45. The summed E-state index contributed by atoms with van der Waals surface area (Å²) in [6, 6.07) is 13.2. The average Bonchev–Trinajstić information content (AvgIpc) is 2.41. The van der Waals surface area contributed by atoms with Crippen LogP contribution in [0.2, 0.25) is 5.02 Å². The lowest BCUT2D eigenvalue weighted by Crippen LogP contribution is -2.04. The van der Waals surface area contributed by atoms with E-state index in [1.807, 2.05) is 18.2 Å². The van der Waals surface area contributed by atoms with Crippen molar-refractivity contribution in [3.8, 4) is 5.75 Å². The summed E-state index contributed by atoms with van der Waals surface area (Å²) in [5, 5.41) is 10.7. The number of hydrogen-bond donors (Lipinski definition) is 1. The smallest absolute Gasteiger partial charge is 0.387 e. The van der Waals surface area contributed by atoms with E-state index in [1.54, 1.807) is 18.2 Å². The number of alkyl halides is 2. The molecule has 0 heterocycles. The van der Waals surface area contributed by atoms with E-state index in [9.17, 15) is 13.9 Å². The molecule has 0 aliphatic carbocycles. The molecule has 0 bridgehead atoms. The monoisotopic (exact) mass is 298 g/mol. The van der Waals surface area contributed by atoms with Gasteiger partial charge in [-0.05, 0) is 29.3 Å². The van der Waals surface area contributed by atoms with E-state index in [2.05, 4.69) is 4.74 Å². The molecule has 5 heteroatoms. The molecule has 2 aromatic rings. The van der Waals surface area contributed by atoms with E-state index in [0.29, 0.717) is 17.0 Å². The van der Waals surface area contributed by atoms with Crippen molar-refractivity contribution in [2.45, 2.75) is 19.1 Å². The first-order valence-corrected chi connectivity index (χ1v) is 6.40. The summed E-state index contributed by atoms with van der Waals surface area (Å²) in [4.78, 5) is 0. The second kappa shape index (κ2) is 6.68. The van der Waals surface area contributed by atoms with Gasteiger partial charge in [-0.1, -0.05) is 41.9 Å². The first kappa shape index (κ1) is 14.8. The Bertz CT molecular complexity index is 558. The Morgan fingerprint density at radius 3 is 2.30 bits per heavy atom. The number of aliphatic hydroxyl groups is 1. The molecule has 0 aromatic heterocycles. The molecule has 2 rings (SSSR count). The second-order valence-electron chi connectivity index (χ2n) is 4.26. The Labute approximate surface area is 120 Å². The summed E-state index contributed by atoms with van der Waals surface area (Å²) < 4.78 is 28.3. The highest BCUT2D eigenvalue weighted by molar-refractivity contribution is 6.31. The van der Waals surface area contributed by atoms with Gasteiger partial charge in [0.15, 0.2) is 0 Å². The number of aliphatic hydroxyl groups excluding tert-OH is 1. The molecule has 20 heavy (non-hydrogen) atoms. The summed E-state index contributed by atoms with van der Waals surface area (Å²) in [5.74, 6) is 0.0636. The van der Waals surface area contributed by atoms with Crippen LogP contribution in [0.1, 0.15) is 17.2 Å². The quantitative estimate of drug-likeness (QED) is 0.895. The van der Waals surface area contributed by atoms with E-state index < -0.39 is 12.7 Å². The lowest BCUT2D eigenvalue weighted by molar-refractivity contribution is -0.0498. The molecule has 0 aliphatic rings. The largest absolute Gasteiger partial charge is 0.435 e. The first-order valence-electron chi connectivity index (χ1n) is 6.02. The number of benzene rings is 2. The van der Waals surface area contributed by atoms with Gasteiger partial charge < -0.3 is 9.84 Å². The van der Waals surface area contributed by atoms with Crippen LogP contribution in [0.5, 0.6) is 5.75 Å². The maximum Gasteiger partial charge on any atom is 0.387 e. The van der Waals surface area contributed by atoms with Gasteiger partial charge >= 0.3 is 6.61 Å². The normalized spacial score (nSPS) is 12.4. The zero-order valence-corrected chi connectivity index (χ0v) is 11.2. The molecule has 1 unspecified atom stereocenters. The van der Waals surface area contributed by atoms with Crippen molar-refractivity contribution in [1.29, 1.82) is 0 Å². The van der Waals surface area contributed by atoms with Crippen LogP contribution in [0.15, 0.2) is 48.5 Å². The molecule has 0 amide bonds. The SMILES string of the molecule is OC(Cc1ccccc1Cl)c1ccc(OC(F)F)cc1. The maximum absolute atomic E-state index is 12.0. The molecule has 1 atom stereocenters. The van der Waals surface area contributed by atoms with Crippen molar-refractivity contribution in [1.82, 2.24) is 0 Å². The van der Waals surface area contributed by atoms with Gasteiger partial charge in [0.1, 0.15) is 5.75 Å². The van der Waals surface area contributed by atoms with Crippen LogP contribution in [0.4, 0.5) is 8.78 Å². The third-order valence-corrected chi connectivity index (χ3v) is 3.23. The van der Waals surface area contributed by atoms with Crippen molar-refractivity contribution in [3.63, 3.8) is 0 Å². The van der Waals surface area contributed by atoms with E-state index in [0.717, 1.165) is 5.56 Å². The summed E-state index contributed by atoms with van der Waals surface area (Å²) >= 11 is 6.02. The Balaban J connectivity index is 2.06. The number of halogens is 3. The van der Waals surface area contributed by atoms with Crippen LogP contribution < -0.4 is 4.74 Å². The molecular formula is C15H13ClF2O2. The zero-order valence-electron chi connectivity index (χ0n) is 10.5. The van der Waals surface area contributed by atoms with E-state index in [4.69, 9.17) is 11.6 Å². The van der Waals surface area contributed by atoms with Gasteiger partial charge in [0.05, 0.1) is 6.10 Å². The zero-order chi connectivity index (χ0) is 14.5. The number of rotatable bonds is 5. The highest BCUT2D eigenvalue weighted by atomic mass is 35.5. The lowest BCUT2D eigenvalue weighted by Gasteiger charge is -2.13. The minimum atomic E-state index is -2.85. The van der Waals surface area contributed by atoms with Crippen molar-refractivity contribution >= 4 is 11.6 Å². The second-order valence-corrected chi connectivity index (χ2v) is 4.67. The van der Waals surface area contributed by atoms with Crippen molar-refractivity contribution in [2.24, 2.45) is 0 Å². The van der Waals surface area contributed by atoms with Gasteiger partial charge in [-0.15, -0.1) is 0 Å². The maximum atomic E-state index is 12.0. The van der Waals surface area contributed by atoms with E-state index in [-0.39, 0.29) is 5.75 Å². The minimum absolute atomic E-state index is 0.0636. The minimum Gasteiger partial charge on any atom is -0.435 e. The van der Waals surface area contributed by atoms with Crippen molar-refractivity contribution in [2.75, 3.05) is 0 Å². The third kappa shape index (κ3) is 3.92. The van der Waals surface area contributed by atoms with E-state index in [1.165, 1.54) is 12.1 Å². The summed E-state index contributed by atoms with van der Waals surface area (Å²) in [6.45, 7) is -2.85. The highest BCUT2D eigenvalue weighted by Gasteiger charge is 2.11. The summed E-state index contributed by atoms with van der Waals surface area (Å²) in [6.07, 6.45) is -0.398. The first-order chi connectivity index (χ1) is 9.56. The lowest BCUT2D eigenvalue weighted by atomic mass is 10.0. The molecule has 0 aliphatic heterocycles. The molecule has 1 N–H and O–H groups in total. The fourth-order valence-corrected chi connectivity index (χ4v) is 2.07. The van der Waals surface area contributed by atoms with Crippen molar-refractivity contribution in [3.05, 3.63) is 64.7 Å². The standard InChI is InChI=1S/C15H13ClF2O2/c16-13-4-2-1-3-11(13)9-14(19)10-5-7-12(8-6-10)20-15(17)18/h1-8,14-15,19H,9H2. The molecule has 0 saturated heterocycles. The van der Waals surface area contributed by atoms with Gasteiger partial charge in [-0.2, -0.15) is 8.78 Å². The molecule has 0 spiro atoms. The topological polar surface area (TPSA) is 29.5 Å². The molecular weight excluding hydrogens is 286 g/mol. The van der Waals surface area contributed by atoms with Crippen molar-refractivity contribution < 1.29 is 18.6 Å². The van der Waals surface area contributed by atoms with E-state index >= 15 is 0 Å². The Hall–Kier alpha value is -1.65. The molecule has 0 radical (unpaired) electrons. The van der Waals surface area contributed by atoms with Crippen LogP contribution in [-0.2, 0) is 6.42 Å². The fourth-order valence-electron chi connectivity index (χ4n) is 1.86. The Morgan fingerprint density at radius 2 is 1.70 bits per heavy atom. The number of hydrogen-bond acceptors (Lipinski definition) is 2. The molecule has 0 saturated carbocycles. The van der Waals surface area contributed by atoms with Crippen LogP contribution in [0.3, 0.4) is 0 Å². The highest BCUT2D eigenvalue weighted by Crippen LogP contribution is 2.25. The van der Waals surface area contributed by atoms with Gasteiger partial charge in [-0.25, -0.2) is 0 Å². The van der Waals surface area contributed by atoms with Gasteiger partial charge in [0.2, 0.25) is 0 Å². The van der Waals surface area contributed by atoms with Gasteiger partial charge in [0.25, 0.3) is 0 Å². The predicted molar refractivity (Wildman–Crippen MR) is 73.2 cm³/mol. The van der Waals surface area contributed by atoms with Crippen LogP contribution in [0.25, 0.3) is 0 Å². The van der Waals surface area contributed by atoms with Crippen LogP contribution in [0, 0.1) is 0 Å². The van der Waals surface area contributed by atoms with Gasteiger partial charge in [-0.3, -0.25) is 0 Å². The van der Waals surface area contributed by atoms with Crippen LogP contribution in [-0.4, -0.2) is 11.7 Å². The molecule has 2 aromatic carbocycles. The van der Waals surface area contributed by atoms with Gasteiger partial charge in [0, 0.05) is 11.4 Å². The average molecular weight is 299 g/mol. The van der Waals surface area contributed by atoms with Crippen LogP contribution >= 0.6 is 11.6 Å². The molecule has 106 valence electrons. The Kier molecular flexibility index (Phi) is 4.93.